The van der Waals surface area contributed by atoms with Gasteiger partial charge in [0.2, 0.25) is 0 Å². The normalized spacial score (nSPS) is 48.4. The van der Waals surface area contributed by atoms with E-state index in [-0.39, 0.29) is 53.8 Å². The maximum absolute atomic E-state index is 14.4. The van der Waals surface area contributed by atoms with E-state index in [4.69, 9.17) is 15.2 Å². The van der Waals surface area contributed by atoms with Gasteiger partial charge in [0.1, 0.15) is 35.0 Å². The monoisotopic (exact) mass is 742 g/mol. The summed E-state index contributed by atoms with van der Waals surface area (Å²) in [6.45, 7) is 0.332. The number of fused-ring (bicyclic) bond motifs is 4. The molecule has 0 spiro atoms. The lowest BCUT2D eigenvalue weighted by Gasteiger charge is -2.64. The van der Waals surface area contributed by atoms with Gasteiger partial charge in [-0.25, -0.2) is 0 Å². The van der Waals surface area contributed by atoms with Crippen molar-refractivity contribution < 1.29 is 49.7 Å². The summed E-state index contributed by atoms with van der Waals surface area (Å²) in [7, 11) is 0. The largest absolute Gasteiger partial charge is 0.512 e. The number of carbonyl (C=O) groups excluding carboxylic acids is 2. The Hall–Kier alpha value is -1.74. The van der Waals surface area contributed by atoms with Crippen molar-refractivity contribution in [3.8, 4) is 0 Å². The number of ketones is 2. The molecule has 12 nitrogen and oxygen atoms in total. The van der Waals surface area contributed by atoms with Gasteiger partial charge in [-0.1, -0.05) is 38.2 Å². The third kappa shape index (κ3) is 6.21. The second-order valence-corrected chi connectivity index (χ2v) is 18.4. The quantitative estimate of drug-likeness (QED) is 0.180. The molecule has 2 bridgehead atoms. The van der Waals surface area contributed by atoms with Crippen LogP contribution < -0.4 is 11.1 Å². The summed E-state index contributed by atoms with van der Waals surface area (Å²) in [5.74, 6) is -3.43. The van der Waals surface area contributed by atoms with Crippen LogP contribution in [-0.2, 0) is 19.1 Å². The van der Waals surface area contributed by atoms with E-state index < -0.39 is 72.0 Å². The molecule has 0 amide bonds. The smallest absolute Gasteiger partial charge is 0.187 e. The molecule has 0 aromatic carbocycles. The molecule has 0 aromatic rings. The molecule has 2 heterocycles. The first-order chi connectivity index (χ1) is 25.5. The van der Waals surface area contributed by atoms with Gasteiger partial charge in [0.05, 0.1) is 36.6 Å². The minimum Gasteiger partial charge on any atom is -0.512 e. The van der Waals surface area contributed by atoms with Crippen LogP contribution in [0.4, 0.5) is 0 Å². The van der Waals surface area contributed by atoms with E-state index in [1.165, 1.54) is 0 Å². The van der Waals surface area contributed by atoms with Crippen LogP contribution >= 0.6 is 0 Å². The predicted molar refractivity (Wildman–Crippen MR) is 193 cm³/mol. The molecule has 2 aliphatic heterocycles. The second kappa shape index (κ2) is 14.6. The molecule has 296 valence electrons. The van der Waals surface area contributed by atoms with Crippen molar-refractivity contribution in [1.29, 1.82) is 0 Å². The number of allylic oxidation sites excluding steroid dienone is 4. The van der Waals surface area contributed by atoms with Crippen LogP contribution in [0.1, 0.15) is 103 Å². The molecular weight excluding hydrogens is 680 g/mol. The maximum Gasteiger partial charge on any atom is 0.187 e. The fourth-order valence-electron chi connectivity index (χ4n) is 13.2. The standard InChI is InChI=1S/C41H62N2O10/c42-31-19-25(10-14-43-31)39(11-1-2-12-39)30-9-13-40(21-45)38(50)41(30,51)36(49)37(53-40)52-29-8-4-7-26-33(29)35(48)32-27(34(26)47)17-24(18-28(32)46)16-22-5-3-6-23(15-22)20-44/h17-18,22-23,25-27,29-33,36-38,43-46,49-51H,1-16,19-21,42H2. The Kier molecular flexibility index (Phi) is 10.5. The van der Waals surface area contributed by atoms with Crippen LogP contribution in [0.25, 0.3) is 0 Å². The molecule has 15 atom stereocenters. The molecule has 0 radical (unpaired) electrons. The first-order valence-corrected chi connectivity index (χ1v) is 20.8. The van der Waals surface area contributed by atoms with E-state index in [1.807, 2.05) is 6.08 Å². The van der Waals surface area contributed by atoms with E-state index in [9.17, 15) is 40.2 Å². The average molecular weight is 743 g/mol. The Morgan fingerprint density at radius 3 is 2.42 bits per heavy atom. The number of ether oxygens (including phenoxy) is 2. The van der Waals surface area contributed by atoms with E-state index >= 15 is 0 Å². The number of nitrogens with two attached hydrogens (primary N) is 1. The number of piperidine rings is 1. The molecule has 5 saturated carbocycles. The van der Waals surface area contributed by atoms with Crippen LogP contribution in [0.3, 0.4) is 0 Å². The third-order valence-electron chi connectivity index (χ3n) is 15.7. The molecular formula is C41H62N2O10. The van der Waals surface area contributed by atoms with E-state index in [0.717, 1.165) is 76.3 Å². The lowest BCUT2D eigenvalue weighted by atomic mass is 9.50. The lowest BCUT2D eigenvalue weighted by molar-refractivity contribution is -0.405. The number of nitrogens with one attached hydrogen (secondary N) is 1. The first kappa shape index (κ1) is 38.1. The topological polar surface area (TPSA) is 212 Å². The van der Waals surface area contributed by atoms with Gasteiger partial charge in [0.25, 0.3) is 0 Å². The van der Waals surface area contributed by atoms with Gasteiger partial charge in [-0.15, -0.1) is 0 Å². The predicted octanol–water partition coefficient (Wildman–Crippen LogP) is 2.54. The number of hydrogen-bond acceptors (Lipinski definition) is 12. The average Bonchev–Trinajstić information content (AvgIpc) is 3.65. The van der Waals surface area contributed by atoms with E-state index in [2.05, 4.69) is 5.32 Å². The Bertz CT molecular complexity index is 1460. The van der Waals surface area contributed by atoms with Crippen LogP contribution in [0.2, 0.25) is 0 Å². The van der Waals surface area contributed by atoms with Gasteiger partial charge in [0, 0.05) is 12.5 Å². The SMILES string of the molecule is NC1CC(C2(C3CCC4(CO)OC(OC5CCCC6C(=O)C7C=C(CC8CCCC(CO)C8)C=C(O)C7C(=O)C56)C(O)C3(O)C4O)CCCC2)CCN1. The summed E-state index contributed by atoms with van der Waals surface area (Å²) >= 11 is 0. The summed E-state index contributed by atoms with van der Waals surface area (Å²) in [4.78, 5) is 28.7. The van der Waals surface area contributed by atoms with Gasteiger partial charge < -0.3 is 51.2 Å². The Labute approximate surface area is 312 Å². The van der Waals surface area contributed by atoms with Crippen molar-refractivity contribution in [2.75, 3.05) is 19.8 Å². The highest BCUT2D eigenvalue weighted by molar-refractivity contribution is 6.02. The zero-order chi connectivity index (χ0) is 37.3. The van der Waals surface area contributed by atoms with Crippen molar-refractivity contribution in [1.82, 2.24) is 5.32 Å². The number of rotatable bonds is 8. The van der Waals surface area contributed by atoms with Crippen molar-refractivity contribution in [2.45, 2.75) is 145 Å². The molecule has 2 saturated heterocycles. The fraction of sp³-hybridized carbons (Fsp3) is 0.854. The van der Waals surface area contributed by atoms with Crippen LogP contribution in [0.15, 0.2) is 23.5 Å². The summed E-state index contributed by atoms with van der Waals surface area (Å²) in [5.41, 5.74) is 3.25. The van der Waals surface area contributed by atoms with Crippen molar-refractivity contribution in [3.05, 3.63) is 23.5 Å². The summed E-state index contributed by atoms with van der Waals surface area (Å²) in [5, 5.41) is 72.1. The molecule has 8 rings (SSSR count). The number of carbonyl (C=O) groups is 2. The molecule has 7 fully saturated rings. The maximum atomic E-state index is 14.4. The van der Waals surface area contributed by atoms with Crippen LogP contribution in [-0.4, -0.2) is 104 Å². The lowest BCUT2D eigenvalue weighted by Crippen LogP contribution is -2.79. The number of hydrogen-bond donors (Lipinski definition) is 8. The number of aliphatic hydroxyl groups excluding tert-OH is 5. The van der Waals surface area contributed by atoms with Gasteiger partial charge in [0.15, 0.2) is 12.1 Å². The highest BCUT2D eigenvalue weighted by Gasteiger charge is 2.72. The Balaban J connectivity index is 1.05. The molecule has 53 heavy (non-hydrogen) atoms. The van der Waals surface area contributed by atoms with Crippen LogP contribution in [0, 0.1) is 52.8 Å². The summed E-state index contributed by atoms with van der Waals surface area (Å²) in [6, 6.07) is 0. The zero-order valence-corrected chi connectivity index (χ0v) is 31.0. The Morgan fingerprint density at radius 2 is 1.68 bits per heavy atom. The van der Waals surface area contributed by atoms with Crippen LogP contribution in [0.5, 0.6) is 0 Å². The summed E-state index contributed by atoms with van der Waals surface area (Å²) in [6.07, 6.45) is 9.96. The van der Waals surface area contributed by atoms with Gasteiger partial charge in [-0.05, 0) is 118 Å². The van der Waals surface area contributed by atoms with Gasteiger partial charge in [-0.3, -0.25) is 9.59 Å². The molecule has 15 unspecified atom stereocenters. The highest BCUT2D eigenvalue weighted by Crippen LogP contribution is 2.63. The number of aliphatic hydroxyl groups is 6. The first-order valence-electron chi connectivity index (χ1n) is 20.8. The Morgan fingerprint density at radius 1 is 0.925 bits per heavy atom. The summed E-state index contributed by atoms with van der Waals surface area (Å²) < 4.78 is 12.9. The third-order valence-corrected chi connectivity index (χ3v) is 15.7. The molecule has 8 aliphatic rings. The zero-order valence-electron chi connectivity index (χ0n) is 31.0. The molecule has 9 N–H and O–H groups in total. The highest BCUT2D eigenvalue weighted by atomic mass is 16.7. The number of Topliss-reactive ketones (excluding diaryl/α,β-unsaturated/α-hetero) is 2. The molecule has 6 aliphatic carbocycles. The molecule has 0 aromatic heterocycles. The van der Waals surface area contributed by atoms with Crippen molar-refractivity contribution in [3.63, 3.8) is 0 Å². The fourth-order valence-corrected chi connectivity index (χ4v) is 13.2. The van der Waals surface area contributed by atoms with Gasteiger partial charge >= 0.3 is 0 Å². The minimum atomic E-state index is -2.06. The molecule has 12 heteroatoms. The van der Waals surface area contributed by atoms with E-state index in [0.29, 0.717) is 38.0 Å². The second-order valence-electron chi connectivity index (χ2n) is 18.4. The minimum absolute atomic E-state index is 0.0896. The van der Waals surface area contributed by atoms with Gasteiger partial charge in [-0.2, -0.15) is 0 Å². The van der Waals surface area contributed by atoms with E-state index in [1.54, 1.807) is 6.08 Å². The van der Waals surface area contributed by atoms with Crippen molar-refractivity contribution in [2.24, 2.45) is 58.5 Å². The van der Waals surface area contributed by atoms with Crippen molar-refractivity contribution >= 4 is 11.6 Å².